The van der Waals surface area contributed by atoms with Crippen LogP contribution in [0.15, 0.2) is 0 Å². The lowest BCUT2D eigenvalue weighted by Gasteiger charge is -2.21. The third-order valence-electron chi connectivity index (χ3n) is 2.68. The number of nitrogens with zero attached hydrogens (tertiary/aromatic N) is 1. The molecule has 1 aliphatic rings. The standard InChI is InChI=1S/C11H20N2O/c1-3-7-13(4-2)9-11-6-5-10(8-12)14-11/h1,10-11H,4-9,12H2,2H3. The molecule has 3 nitrogen and oxygen atoms in total. The van der Waals surface area contributed by atoms with Crippen LogP contribution in [0.3, 0.4) is 0 Å². The fourth-order valence-corrected chi connectivity index (χ4v) is 1.81. The lowest BCUT2D eigenvalue weighted by atomic mass is 10.2. The van der Waals surface area contributed by atoms with E-state index in [0.717, 1.165) is 25.9 Å². The van der Waals surface area contributed by atoms with Gasteiger partial charge in [0.1, 0.15) is 0 Å². The maximum Gasteiger partial charge on any atom is 0.0707 e. The summed E-state index contributed by atoms with van der Waals surface area (Å²) in [4.78, 5) is 2.23. The SMILES string of the molecule is C#CCN(CC)CC1CCC(CN)O1. The number of ether oxygens (including phenoxy) is 1. The van der Waals surface area contributed by atoms with Crippen LogP contribution >= 0.6 is 0 Å². The van der Waals surface area contributed by atoms with Gasteiger partial charge in [-0.05, 0) is 19.4 Å². The van der Waals surface area contributed by atoms with Gasteiger partial charge in [-0.1, -0.05) is 12.8 Å². The van der Waals surface area contributed by atoms with Crippen LogP contribution in [0.5, 0.6) is 0 Å². The van der Waals surface area contributed by atoms with E-state index in [4.69, 9.17) is 16.9 Å². The molecule has 1 heterocycles. The van der Waals surface area contributed by atoms with Crippen LogP contribution < -0.4 is 5.73 Å². The molecule has 0 aromatic heterocycles. The van der Waals surface area contributed by atoms with Gasteiger partial charge in [-0.3, -0.25) is 4.90 Å². The molecule has 2 atom stereocenters. The molecule has 1 saturated heterocycles. The highest BCUT2D eigenvalue weighted by Crippen LogP contribution is 2.19. The Bertz CT molecular complexity index is 200. The summed E-state index contributed by atoms with van der Waals surface area (Å²) in [7, 11) is 0. The fraction of sp³-hybridized carbons (Fsp3) is 0.818. The first-order valence-corrected chi connectivity index (χ1v) is 5.31. The maximum atomic E-state index is 5.75. The maximum absolute atomic E-state index is 5.75. The summed E-state index contributed by atoms with van der Waals surface area (Å²) in [6.07, 6.45) is 8.08. The largest absolute Gasteiger partial charge is 0.372 e. The van der Waals surface area contributed by atoms with Crippen LogP contribution in [0.4, 0.5) is 0 Å². The van der Waals surface area contributed by atoms with Gasteiger partial charge in [-0.15, -0.1) is 6.42 Å². The topological polar surface area (TPSA) is 38.5 Å². The second-order valence-corrected chi connectivity index (χ2v) is 3.73. The van der Waals surface area contributed by atoms with Gasteiger partial charge in [0, 0.05) is 13.1 Å². The van der Waals surface area contributed by atoms with E-state index in [2.05, 4.69) is 17.7 Å². The second-order valence-electron chi connectivity index (χ2n) is 3.73. The van der Waals surface area contributed by atoms with Crippen molar-refractivity contribution in [3.63, 3.8) is 0 Å². The zero-order valence-corrected chi connectivity index (χ0v) is 8.91. The van der Waals surface area contributed by atoms with Crippen molar-refractivity contribution in [1.29, 1.82) is 0 Å². The van der Waals surface area contributed by atoms with Crippen molar-refractivity contribution in [2.45, 2.75) is 32.0 Å². The second kappa shape index (κ2) is 6.02. The van der Waals surface area contributed by atoms with E-state index in [1.165, 1.54) is 0 Å². The zero-order valence-electron chi connectivity index (χ0n) is 8.91. The number of nitrogens with two attached hydrogens (primary N) is 1. The van der Waals surface area contributed by atoms with Crippen molar-refractivity contribution in [3.8, 4) is 12.3 Å². The highest BCUT2D eigenvalue weighted by Gasteiger charge is 2.25. The monoisotopic (exact) mass is 196 g/mol. The van der Waals surface area contributed by atoms with Gasteiger partial charge < -0.3 is 10.5 Å². The van der Waals surface area contributed by atoms with Crippen LogP contribution in [0.25, 0.3) is 0 Å². The van der Waals surface area contributed by atoms with Crippen molar-refractivity contribution in [2.24, 2.45) is 5.73 Å². The van der Waals surface area contributed by atoms with Crippen molar-refractivity contribution < 1.29 is 4.74 Å². The van der Waals surface area contributed by atoms with E-state index >= 15 is 0 Å². The molecule has 0 amide bonds. The average Bonchev–Trinajstić information content (AvgIpc) is 2.65. The van der Waals surface area contributed by atoms with E-state index in [1.807, 2.05) is 0 Å². The summed E-state index contributed by atoms with van der Waals surface area (Å²) in [6, 6.07) is 0. The van der Waals surface area contributed by atoms with Crippen LogP contribution in [-0.4, -0.2) is 43.3 Å². The predicted molar refractivity (Wildman–Crippen MR) is 57.9 cm³/mol. The Morgan fingerprint density at radius 2 is 2.21 bits per heavy atom. The fourth-order valence-electron chi connectivity index (χ4n) is 1.81. The third kappa shape index (κ3) is 3.30. The molecule has 3 heteroatoms. The van der Waals surface area contributed by atoms with E-state index in [1.54, 1.807) is 0 Å². The number of rotatable bonds is 5. The first-order valence-electron chi connectivity index (χ1n) is 5.31. The molecule has 0 aliphatic carbocycles. The molecule has 0 saturated carbocycles. The Morgan fingerprint density at radius 1 is 1.50 bits per heavy atom. The summed E-state index contributed by atoms with van der Waals surface area (Å²) in [5.41, 5.74) is 5.55. The number of likely N-dealkylation sites (N-methyl/N-ethyl adjacent to an activating group) is 1. The van der Waals surface area contributed by atoms with Crippen LogP contribution in [0.2, 0.25) is 0 Å². The lowest BCUT2D eigenvalue weighted by Crippen LogP contribution is -2.33. The Kier molecular flexibility index (Phi) is 4.95. The molecule has 1 fully saturated rings. The summed E-state index contributed by atoms with van der Waals surface area (Å²) >= 11 is 0. The molecule has 1 aliphatic heterocycles. The van der Waals surface area contributed by atoms with E-state index in [0.29, 0.717) is 19.2 Å². The van der Waals surface area contributed by atoms with Gasteiger partial charge >= 0.3 is 0 Å². The highest BCUT2D eigenvalue weighted by atomic mass is 16.5. The Labute approximate surface area is 86.6 Å². The molecule has 0 spiro atoms. The summed E-state index contributed by atoms with van der Waals surface area (Å²) in [5.74, 6) is 2.66. The average molecular weight is 196 g/mol. The van der Waals surface area contributed by atoms with Gasteiger partial charge in [0.25, 0.3) is 0 Å². The van der Waals surface area contributed by atoms with Gasteiger partial charge in [-0.2, -0.15) is 0 Å². The van der Waals surface area contributed by atoms with E-state index in [9.17, 15) is 0 Å². The minimum Gasteiger partial charge on any atom is -0.372 e. The van der Waals surface area contributed by atoms with Crippen molar-refractivity contribution in [3.05, 3.63) is 0 Å². The molecule has 14 heavy (non-hydrogen) atoms. The Hall–Kier alpha value is -0.560. The first kappa shape index (κ1) is 11.5. The third-order valence-corrected chi connectivity index (χ3v) is 2.68. The van der Waals surface area contributed by atoms with Crippen molar-refractivity contribution in [1.82, 2.24) is 4.90 Å². The van der Waals surface area contributed by atoms with Gasteiger partial charge in [0.05, 0.1) is 18.8 Å². The normalized spacial score (nSPS) is 26.7. The van der Waals surface area contributed by atoms with E-state index < -0.39 is 0 Å². The predicted octanol–water partition coefficient (Wildman–Crippen LogP) is 0.448. The quantitative estimate of drug-likeness (QED) is 0.649. The van der Waals surface area contributed by atoms with Gasteiger partial charge in [0.2, 0.25) is 0 Å². The Morgan fingerprint density at radius 3 is 2.71 bits per heavy atom. The van der Waals surface area contributed by atoms with Gasteiger partial charge in [0.15, 0.2) is 0 Å². The summed E-state index contributed by atoms with van der Waals surface area (Å²) in [5, 5.41) is 0. The molecule has 0 aromatic carbocycles. The zero-order chi connectivity index (χ0) is 10.4. The summed E-state index contributed by atoms with van der Waals surface area (Å²) in [6.45, 7) is 5.39. The summed E-state index contributed by atoms with van der Waals surface area (Å²) < 4.78 is 5.75. The van der Waals surface area contributed by atoms with Crippen molar-refractivity contribution >= 4 is 0 Å². The smallest absolute Gasteiger partial charge is 0.0707 e. The number of hydrogen-bond donors (Lipinski definition) is 1. The molecule has 0 bridgehead atoms. The minimum atomic E-state index is 0.268. The lowest BCUT2D eigenvalue weighted by molar-refractivity contribution is 0.0305. The van der Waals surface area contributed by atoms with E-state index in [-0.39, 0.29) is 6.10 Å². The van der Waals surface area contributed by atoms with Crippen LogP contribution in [0, 0.1) is 12.3 Å². The minimum absolute atomic E-state index is 0.268. The molecule has 0 aromatic rings. The molecule has 1 rings (SSSR count). The Balaban J connectivity index is 2.27. The molecular formula is C11H20N2O. The van der Waals surface area contributed by atoms with Crippen LogP contribution in [-0.2, 0) is 4.74 Å². The van der Waals surface area contributed by atoms with Crippen LogP contribution in [0.1, 0.15) is 19.8 Å². The highest BCUT2D eigenvalue weighted by molar-refractivity contribution is 4.89. The van der Waals surface area contributed by atoms with Gasteiger partial charge in [-0.25, -0.2) is 0 Å². The number of terminal acetylenes is 1. The molecule has 2 unspecified atom stereocenters. The molecular weight excluding hydrogens is 176 g/mol. The first-order chi connectivity index (χ1) is 6.80. The molecule has 0 radical (unpaired) electrons. The molecule has 80 valence electrons. The number of hydrogen-bond acceptors (Lipinski definition) is 3. The molecule has 2 N–H and O–H groups in total. The van der Waals surface area contributed by atoms with Crippen molar-refractivity contribution in [2.75, 3.05) is 26.2 Å².